The molecule has 1 aromatic rings. The van der Waals surface area contributed by atoms with E-state index in [1.54, 1.807) is 19.2 Å². The highest BCUT2D eigenvalue weighted by Crippen LogP contribution is 2.08. The number of aryl methyl sites for hydroxylation is 1. The summed E-state index contributed by atoms with van der Waals surface area (Å²) < 4.78 is 0. The predicted octanol–water partition coefficient (Wildman–Crippen LogP) is 2.81. The van der Waals surface area contributed by atoms with Gasteiger partial charge in [-0.25, -0.2) is 0 Å². The zero-order valence-electron chi connectivity index (χ0n) is 10.0. The first kappa shape index (κ1) is 12.4. The number of allylic oxidation sites excluding steroid dienone is 2. The van der Waals surface area contributed by atoms with Crippen LogP contribution in [0.1, 0.15) is 25.0 Å². The number of nitrogens with zero attached hydrogens (tertiary/aromatic N) is 1. The normalized spacial score (nSPS) is 12.1. The van der Waals surface area contributed by atoms with E-state index in [1.807, 2.05) is 12.1 Å². The molecule has 0 heterocycles. The summed E-state index contributed by atoms with van der Waals surface area (Å²) in [5, 5.41) is 0. The van der Waals surface area contributed by atoms with Crippen LogP contribution in [-0.2, 0) is 11.2 Å². The molecular weight excluding hydrogens is 198 g/mol. The summed E-state index contributed by atoms with van der Waals surface area (Å²) in [5.41, 5.74) is 3.17. The van der Waals surface area contributed by atoms with Gasteiger partial charge in [-0.15, -0.1) is 0 Å². The lowest BCUT2D eigenvalue weighted by molar-refractivity contribution is -0.112. The Labute approximate surface area is 96.7 Å². The Balaban J connectivity index is 3.00. The quantitative estimate of drug-likeness (QED) is 0.561. The number of carbonyl (C=O) groups is 1. The van der Waals surface area contributed by atoms with Crippen molar-refractivity contribution < 1.29 is 4.79 Å². The summed E-state index contributed by atoms with van der Waals surface area (Å²) in [4.78, 5) is 15.1. The van der Waals surface area contributed by atoms with Crippen LogP contribution in [0.4, 0.5) is 0 Å². The average Bonchev–Trinajstić information content (AvgIpc) is 2.30. The number of aliphatic imine (C=N–C) groups is 1. The molecule has 0 saturated carbocycles. The molecule has 2 nitrogen and oxygen atoms in total. The van der Waals surface area contributed by atoms with Crippen LogP contribution in [0.2, 0.25) is 0 Å². The Morgan fingerprint density at radius 3 is 2.69 bits per heavy atom. The maximum atomic E-state index is 10.9. The number of carbonyl (C=O) groups excluding carboxylic acids is 1. The van der Waals surface area contributed by atoms with E-state index in [0.29, 0.717) is 0 Å². The molecule has 0 aliphatic heterocycles. The number of benzene rings is 1. The third kappa shape index (κ3) is 3.46. The van der Waals surface area contributed by atoms with Gasteiger partial charge >= 0.3 is 0 Å². The Morgan fingerprint density at radius 1 is 1.38 bits per heavy atom. The summed E-state index contributed by atoms with van der Waals surface area (Å²) >= 11 is 0. The highest BCUT2D eigenvalue weighted by molar-refractivity contribution is 6.11. The van der Waals surface area contributed by atoms with Crippen molar-refractivity contribution in [2.45, 2.75) is 20.3 Å². The molecule has 0 bridgehead atoms. The van der Waals surface area contributed by atoms with Gasteiger partial charge in [-0.2, -0.15) is 0 Å². The van der Waals surface area contributed by atoms with E-state index in [0.717, 1.165) is 17.7 Å². The second-order valence-corrected chi connectivity index (χ2v) is 3.61. The molecule has 0 radical (unpaired) electrons. The standard InChI is InChI=1S/C14H17NO/c1-4-12-6-5-7-13(10-12)14(15-3)9-8-11(2)16/h5-10H,4H2,1-3H3/b9-8-,15-14?. The largest absolute Gasteiger partial charge is 0.295 e. The molecule has 0 spiro atoms. The van der Waals surface area contributed by atoms with E-state index in [2.05, 4.69) is 24.0 Å². The molecule has 1 rings (SSSR count). The molecule has 0 aliphatic carbocycles. The zero-order valence-corrected chi connectivity index (χ0v) is 10.0. The number of ketones is 1. The Hall–Kier alpha value is -1.70. The summed E-state index contributed by atoms with van der Waals surface area (Å²) in [6, 6.07) is 8.21. The van der Waals surface area contributed by atoms with Crippen molar-refractivity contribution in [3.8, 4) is 0 Å². The van der Waals surface area contributed by atoms with Gasteiger partial charge < -0.3 is 0 Å². The van der Waals surface area contributed by atoms with Gasteiger partial charge in [0.25, 0.3) is 0 Å². The van der Waals surface area contributed by atoms with E-state index < -0.39 is 0 Å². The molecule has 84 valence electrons. The van der Waals surface area contributed by atoms with Gasteiger partial charge in [-0.3, -0.25) is 9.79 Å². The second kappa shape index (κ2) is 6.01. The Bertz CT molecular complexity index is 430. The summed E-state index contributed by atoms with van der Waals surface area (Å²) in [7, 11) is 1.73. The zero-order chi connectivity index (χ0) is 12.0. The minimum atomic E-state index is 0.0350. The van der Waals surface area contributed by atoms with Crippen molar-refractivity contribution in [3.63, 3.8) is 0 Å². The van der Waals surface area contributed by atoms with Gasteiger partial charge in [0.2, 0.25) is 0 Å². The minimum absolute atomic E-state index is 0.0350. The lowest BCUT2D eigenvalue weighted by atomic mass is 10.0. The highest BCUT2D eigenvalue weighted by atomic mass is 16.1. The molecule has 0 atom stereocenters. The molecule has 2 heteroatoms. The topological polar surface area (TPSA) is 29.4 Å². The fourth-order valence-corrected chi connectivity index (χ4v) is 1.45. The van der Waals surface area contributed by atoms with Gasteiger partial charge in [0.1, 0.15) is 0 Å². The molecule has 16 heavy (non-hydrogen) atoms. The Morgan fingerprint density at radius 2 is 2.12 bits per heavy atom. The van der Waals surface area contributed by atoms with Crippen LogP contribution in [-0.4, -0.2) is 18.5 Å². The van der Waals surface area contributed by atoms with Crippen LogP contribution in [0.3, 0.4) is 0 Å². The second-order valence-electron chi connectivity index (χ2n) is 3.61. The first-order chi connectivity index (χ1) is 7.67. The minimum Gasteiger partial charge on any atom is -0.295 e. The first-order valence-corrected chi connectivity index (χ1v) is 5.42. The average molecular weight is 215 g/mol. The summed E-state index contributed by atoms with van der Waals surface area (Å²) in [5.74, 6) is 0.0350. The fraction of sp³-hybridized carbons (Fsp3) is 0.286. The molecule has 0 aliphatic rings. The molecular formula is C14H17NO. The van der Waals surface area contributed by atoms with Crippen molar-refractivity contribution in [2.75, 3.05) is 7.05 Å². The van der Waals surface area contributed by atoms with Crippen LogP contribution < -0.4 is 0 Å². The van der Waals surface area contributed by atoms with Crippen molar-refractivity contribution in [3.05, 3.63) is 47.5 Å². The van der Waals surface area contributed by atoms with E-state index in [-0.39, 0.29) is 5.78 Å². The van der Waals surface area contributed by atoms with Gasteiger partial charge in [0, 0.05) is 7.05 Å². The molecule has 0 aromatic heterocycles. The maximum Gasteiger partial charge on any atom is 0.152 e. The van der Waals surface area contributed by atoms with Crippen LogP contribution in [0, 0.1) is 0 Å². The van der Waals surface area contributed by atoms with Crippen LogP contribution >= 0.6 is 0 Å². The SMILES string of the molecule is CCc1cccc(C(/C=C\C(C)=O)=NC)c1. The Kier molecular flexibility index (Phi) is 4.65. The molecule has 0 N–H and O–H groups in total. The molecule has 0 fully saturated rings. The van der Waals surface area contributed by atoms with Crippen molar-refractivity contribution in [1.29, 1.82) is 0 Å². The van der Waals surface area contributed by atoms with Crippen molar-refractivity contribution in [1.82, 2.24) is 0 Å². The monoisotopic (exact) mass is 215 g/mol. The molecule has 0 saturated heterocycles. The molecule has 0 unspecified atom stereocenters. The maximum absolute atomic E-state index is 10.9. The highest BCUT2D eigenvalue weighted by Gasteiger charge is 1.99. The molecule has 1 aromatic carbocycles. The van der Waals surface area contributed by atoms with Crippen LogP contribution in [0.25, 0.3) is 0 Å². The van der Waals surface area contributed by atoms with Crippen LogP contribution in [0.15, 0.2) is 41.4 Å². The van der Waals surface area contributed by atoms with E-state index in [1.165, 1.54) is 12.5 Å². The van der Waals surface area contributed by atoms with Gasteiger partial charge in [-0.1, -0.05) is 25.1 Å². The van der Waals surface area contributed by atoms with Crippen molar-refractivity contribution >= 4 is 11.5 Å². The third-order valence-electron chi connectivity index (χ3n) is 2.35. The van der Waals surface area contributed by atoms with Gasteiger partial charge in [0.05, 0.1) is 5.71 Å². The van der Waals surface area contributed by atoms with E-state index >= 15 is 0 Å². The van der Waals surface area contributed by atoms with E-state index in [4.69, 9.17) is 0 Å². The lowest BCUT2D eigenvalue weighted by Crippen LogP contribution is -1.98. The summed E-state index contributed by atoms with van der Waals surface area (Å²) in [6.07, 6.45) is 4.30. The molecule has 0 amide bonds. The number of rotatable bonds is 4. The third-order valence-corrected chi connectivity index (χ3v) is 2.35. The van der Waals surface area contributed by atoms with Gasteiger partial charge in [0.15, 0.2) is 5.78 Å². The number of hydrogen-bond donors (Lipinski definition) is 0. The van der Waals surface area contributed by atoms with Crippen molar-refractivity contribution in [2.24, 2.45) is 4.99 Å². The van der Waals surface area contributed by atoms with Crippen LogP contribution in [0.5, 0.6) is 0 Å². The number of hydrogen-bond acceptors (Lipinski definition) is 2. The lowest BCUT2D eigenvalue weighted by Gasteiger charge is -2.03. The fourth-order valence-electron chi connectivity index (χ4n) is 1.45. The van der Waals surface area contributed by atoms with E-state index in [9.17, 15) is 4.79 Å². The smallest absolute Gasteiger partial charge is 0.152 e. The predicted molar refractivity (Wildman–Crippen MR) is 68.1 cm³/mol. The summed E-state index contributed by atoms with van der Waals surface area (Å²) in [6.45, 7) is 3.65. The van der Waals surface area contributed by atoms with Gasteiger partial charge in [-0.05, 0) is 42.7 Å². The first-order valence-electron chi connectivity index (χ1n) is 5.42.